The molecular formula is C15H22ClN3O2. The summed E-state index contributed by atoms with van der Waals surface area (Å²) < 4.78 is 5.49. The molecule has 1 aliphatic rings. The van der Waals surface area contributed by atoms with E-state index in [1.165, 1.54) is 0 Å². The van der Waals surface area contributed by atoms with Crippen LogP contribution < -0.4 is 11.1 Å². The smallest absolute Gasteiger partial charge is 0.224 e. The summed E-state index contributed by atoms with van der Waals surface area (Å²) in [5.74, 6) is -0.0228. The van der Waals surface area contributed by atoms with Crippen molar-refractivity contribution in [1.82, 2.24) is 4.90 Å². The normalized spacial score (nSPS) is 19.4. The number of anilines is 2. The molecule has 1 fully saturated rings. The number of nitrogens with two attached hydrogens (primary N) is 1. The maximum absolute atomic E-state index is 11.9. The Hall–Kier alpha value is -1.30. The number of amides is 1. The molecule has 1 aliphatic heterocycles. The summed E-state index contributed by atoms with van der Waals surface area (Å²) in [5, 5.41) is 3.38. The Labute approximate surface area is 130 Å². The third-order valence-corrected chi connectivity index (χ3v) is 3.73. The minimum absolute atomic E-state index is 0.0228. The number of nitrogens with one attached hydrogen (secondary N) is 1. The predicted molar refractivity (Wildman–Crippen MR) is 85.6 cm³/mol. The predicted octanol–water partition coefficient (Wildman–Crippen LogP) is 2.36. The summed E-state index contributed by atoms with van der Waals surface area (Å²) in [6.07, 6.45) is 1.58. The van der Waals surface area contributed by atoms with Crippen LogP contribution in [0, 0.1) is 0 Å². The van der Waals surface area contributed by atoms with Gasteiger partial charge in [-0.1, -0.05) is 11.6 Å². The first-order valence-corrected chi connectivity index (χ1v) is 7.61. The average molecular weight is 312 g/mol. The van der Waals surface area contributed by atoms with Crippen LogP contribution in [0.25, 0.3) is 0 Å². The minimum Gasteiger partial charge on any atom is -0.397 e. The number of nitrogens with zero attached hydrogens (tertiary/aromatic N) is 1. The number of halogens is 1. The molecule has 0 aliphatic carbocycles. The molecule has 116 valence electrons. The van der Waals surface area contributed by atoms with Gasteiger partial charge in [0.2, 0.25) is 5.91 Å². The lowest BCUT2D eigenvalue weighted by molar-refractivity contribution is -0.116. The van der Waals surface area contributed by atoms with Crippen molar-refractivity contribution in [2.75, 3.05) is 37.3 Å². The average Bonchev–Trinajstić information content (AvgIpc) is 2.42. The first kappa shape index (κ1) is 16.1. The van der Waals surface area contributed by atoms with Gasteiger partial charge in [-0.05, 0) is 38.1 Å². The number of hydrogen-bond acceptors (Lipinski definition) is 4. The fourth-order valence-corrected chi connectivity index (χ4v) is 2.60. The van der Waals surface area contributed by atoms with Crippen molar-refractivity contribution in [3.8, 4) is 0 Å². The highest BCUT2D eigenvalue weighted by molar-refractivity contribution is 6.31. The van der Waals surface area contributed by atoms with E-state index in [0.29, 0.717) is 22.8 Å². The number of benzene rings is 1. The lowest BCUT2D eigenvalue weighted by atomic mass is 10.2. The van der Waals surface area contributed by atoms with Crippen LogP contribution in [0.15, 0.2) is 18.2 Å². The number of ether oxygens (including phenoxy) is 1. The molecule has 1 saturated heterocycles. The number of hydrogen-bond donors (Lipinski definition) is 2. The summed E-state index contributed by atoms with van der Waals surface area (Å²) in [4.78, 5) is 14.2. The monoisotopic (exact) mass is 311 g/mol. The molecule has 1 heterocycles. The molecule has 5 nitrogen and oxygen atoms in total. The fourth-order valence-electron chi connectivity index (χ4n) is 2.42. The van der Waals surface area contributed by atoms with Gasteiger partial charge in [0.15, 0.2) is 0 Å². The van der Waals surface area contributed by atoms with Gasteiger partial charge >= 0.3 is 0 Å². The van der Waals surface area contributed by atoms with Gasteiger partial charge in [0, 0.05) is 24.5 Å². The Morgan fingerprint density at radius 1 is 1.57 bits per heavy atom. The van der Waals surface area contributed by atoms with E-state index < -0.39 is 0 Å². The zero-order valence-corrected chi connectivity index (χ0v) is 13.0. The lowest BCUT2D eigenvalue weighted by Gasteiger charge is -2.30. The van der Waals surface area contributed by atoms with E-state index in [4.69, 9.17) is 22.1 Å². The number of carbonyl (C=O) groups excluding carboxylic acids is 1. The maximum Gasteiger partial charge on any atom is 0.224 e. The molecule has 0 spiro atoms. The van der Waals surface area contributed by atoms with Gasteiger partial charge in [-0.15, -0.1) is 0 Å². The van der Waals surface area contributed by atoms with Crippen molar-refractivity contribution < 1.29 is 9.53 Å². The summed E-state index contributed by atoms with van der Waals surface area (Å²) in [6, 6.07) is 5.06. The van der Waals surface area contributed by atoms with Crippen molar-refractivity contribution in [1.29, 1.82) is 0 Å². The fraction of sp³-hybridized carbons (Fsp3) is 0.533. The molecular weight excluding hydrogens is 290 g/mol. The molecule has 1 unspecified atom stereocenters. The van der Waals surface area contributed by atoms with E-state index in [0.717, 1.165) is 32.7 Å². The first-order chi connectivity index (χ1) is 10.0. The Morgan fingerprint density at radius 2 is 2.38 bits per heavy atom. The summed E-state index contributed by atoms with van der Waals surface area (Å²) in [6.45, 7) is 5.63. The van der Waals surface area contributed by atoms with Crippen molar-refractivity contribution in [2.45, 2.75) is 25.9 Å². The van der Waals surface area contributed by atoms with E-state index in [2.05, 4.69) is 17.1 Å². The largest absolute Gasteiger partial charge is 0.397 e. The quantitative estimate of drug-likeness (QED) is 0.819. The van der Waals surface area contributed by atoms with Crippen molar-refractivity contribution in [2.24, 2.45) is 0 Å². The van der Waals surface area contributed by atoms with Gasteiger partial charge < -0.3 is 15.8 Å². The Bertz CT molecular complexity index is 496. The van der Waals surface area contributed by atoms with Gasteiger partial charge in [-0.25, -0.2) is 0 Å². The Kier molecular flexibility index (Phi) is 5.85. The molecule has 1 atom stereocenters. The second-order valence-corrected chi connectivity index (χ2v) is 5.80. The Morgan fingerprint density at radius 3 is 3.10 bits per heavy atom. The topological polar surface area (TPSA) is 67.6 Å². The van der Waals surface area contributed by atoms with E-state index in [-0.39, 0.29) is 12.0 Å². The zero-order valence-electron chi connectivity index (χ0n) is 12.3. The molecule has 1 amide bonds. The maximum atomic E-state index is 11.9. The molecule has 1 aromatic carbocycles. The molecule has 2 rings (SSSR count). The van der Waals surface area contributed by atoms with Crippen LogP contribution in [0.1, 0.15) is 19.8 Å². The van der Waals surface area contributed by atoms with Gasteiger partial charge in [0.25, 0.3) is 0 Å². The van der Waals surface area contributed by atoms with Crippen LogP contribution >= 0.6 is 11.6 Å². The standard InChI is InChI=1S/C15H22ClN3O2/c1-11-10-19(7-8-21-11)6-2-3-15(20)18-14-5-4-12(16)9-13(14)17/h4-5,9,11H,2-3,6-8,10,17H2,1H3,(H,18,20). The number of morpholine rings is 1. The molecule has 0 saturated carbocycles. The van der Waals surface area contributed by atoms with E-state index in [1.807, 2.05) is 0 Å². The van der Waals surface area contributed by atoms with Gasteiger partial charge in [-0.2, -0.15) is 0 Å². The summed E-state index contributed by atoms with van der Waals surface area (Å²) in [7, 11) is 0. The van der Waals surface area contributed by atoms with E-state index in [1.54, 1.807) is 18.2 Å². The van der Waals surface area contributed by atoms with Crippen LogP contribution in [0.3, 0.4) is 0 Å². The third-order valence-electron chi connectivity index (χ3n) is 3.49. The molecule has 0 radical (unpaired) electrons. The second-order valence-electron chi connectivity index (χ2n) is 5.37. The van der Waals surface area contributed by atoms with Crippen LogP contribution in [-0.2, 0) is 9.53 Å². The minimum atomic E-state index is -0.0228. The lowest BCUT2D eigenvalue weighted by Crippen LogP contribution is -2.41. The molecule has 0 aromatic heterocycles. The van der Waals surface area contributed by atoms with Gasteiger partial charge in [0.1, 0.15) is 0 Å². The van der Waals surface area contributed by atoms with Gasteiger partial charge in [0.05, 0.1) is 24.1 Å². The second kappa shape index (κ2) is 7.64. The molecule has 0 bridgehead atoms. The number of rotatable bonds is 5. The van der Waals surface area contributed by atoms with Crippen LogP contribution in [0.4, 0.5) is 11.4 Å². The highest BCUT2D eigenvalue weighted by atomic mass is 35.5. The summed E-state index contributed by atoms with van der Waals surface area (Å²) >= 11 is 5.83. The molecule has 6 heteroatoms. The van der Waals surface area contributed by atoms with Crippen molar-refractivity contribution in [3.05, 3.63) is 23.2 Å². The highest BCUT2D eigenvalue weighted by Gasteiger charge is 2.16. The SMILES string of the molecule is CC1CN(CCCC(=O)Nc2ccc(Cl)cc2N)CCO1. The highest BCUT2D eigenvalue weighted by Crippen LogP contribution is 2.22. The van der Waals surface area contributed by atoms with E-state index >= 15 is 0 Å². The molecule has 21 heavy (non-hydrogen) atoms. The van der Waals surface area contributed by atoms with E-state index in [9.17, 15) is 4.79 Å². The molecule has 1 aromatic rings. The van der Waals surface area contributed by atoms with Crippen molar-refractivity contribution >= 4 is 28.9 Å². The first-order valence-electron chi connectivity index (χ1n) is 7.23. The van der Waals surface area contributed by atoms with Crippen LogP contribution in [0.5, 0.6) is 0 Å². The van der Waals surface area contributed by atoms with Gasteiger partial charge in [-0.3, -0.25) is 9.69 Å². The third kappa shape index (κ3) is 5.19. The number of carbonyl (C=O) groups is 1. The zero-order chi connectivity index (χ0) is 15.2. The number of nitrogen functional groups attached to an aromatic ring is 1. The molecule has 3 N–H and O–H groups in total. The van der Waals surface area contributed by atoms with Crippen LogP contribution in [-0.4, -0.2) is 43.2 Å². The van der Waals surface area contributed by atoms with Crippen LogP contribution in [0.2, 0.25) is 5.02 Å². The Balaban J connectivity index is 1.72. The van der Waals surface area contributed by atoms with Crippen molar-refractivity contribution in [3.63, 3.8) is 0 Å². The summed E-state index contributed by atoms with van der Waals surface area (Å²) in [5.41, 5.74) is 6.91.